The Labute approximate surface area is 127 Å². The molecule has 0 radical (unpaired) electrons. The molecule has 0 saturated heterocycles. The Morgan fingerprint density at radius 3 is 2.10 bits per heavy atom. The maximum absolute atomic E-state index is 6.06. The molecule has 2 rings (SSSR count). The molecule has 0 atom stereocenters. The highest BCUT2D eigenvalue weighted by atomic mass is 15.2. The van der Waals surface area contributed by atoms with E-state index < -0.39 is 0 Å². The van der Waals surface area contributed by atoms with Gasteiger partial charge in [-0.15, -0.1) is 0 Å². The summed E-state index contributed by atoms with van der Waals surface area (Å²) in [4.78, 5) is 11.2. The van der Waals surface area contributed by atoms with Gasteiger partial charge in [-0.2, -0.15) is 0 Å². The van der Waals surface area contributed by atoms with Gasteiger partial charge in [0.2, 0.25) is 0 Å². The molecule has 1 aromatic carbocycles. The Morgan fingerprint density at radius 1 is 1.00 bits per heavy atom. The summed E-state index contributed by atoms with van der Waals surface area (Å²) in [6.07, 6.45) is 0. The third-order valence-corrected chi connectivity index (χ3v) is 3.60. The van der Waals surface area contributed by atoms with Gasteiger partial charge in [0.15, 0.2) is 0 Å². The summed E-state index contributed by atoms with van der Waals surface area (Å²) in [5, 5.41) is 0. The van der Waals surface area contributed by atoms with Gasteiger partial charge in [0.25, 0.3) is 0 Å². The average Bonchev–Trinajstić information content (AvgIpc) is 2.39. The Morgan fingerprint density at radius 2 is 1.57 bits per heavy atom. The van der Waals surface area contributed by atoms with Crippen LogP contribution < -0.4 is 10.6 Å². The van der Waals surface area contributed by atoms with Crippen LogP contribution in [-0.2, 0) is 0 Å². The molecule has 0 amide bonds. The quantitative estimate of drug-likeness (QED) is 0.929. The van der Waals surface area contributed by atoms with Crippen LogP contribution in [0.5, 0.6) is 0 Å². The number of nitrogens with zero attached hydrogens (tertiary/aromatic N) is 3. The smallest absolute Gasteiger partial charge is 0.141 e. The lowest BCUT2D eigenvalue weighted by molar-refractivity contribution is 0.772. The molecule has 0 spiro atoms. The van der Waals surface area contributed by atoms with Crippen LogP contribution in [-0.4, -0.2) is 17.0 Å². The number of nitrogen functional groups attached to an aromatic ring is 1. The number of rotatable bonds is 3. The Balaban J connectivity index is 2.54. The minimum Gasteiger partial charge on any atom is -0.383 e. The normalized spacial score (nSPS) is 11.0. The minimum absolute atomic E-state index is 0.249. The molecule has 112 valence electrons. The largest absolute Gasteiger partial charge is 0.383 e. The lowest BCUT2D eigenvalue weighted by Crippen LogP contribution is -2.17. The van der Waals surface area contributed by atoms with Crippen molar-refractivity contribution in [2.75, 3.05) is 17.7 Å². The molecular formula is C17H24N4. The summed E-state index contributed by atoms with van der Waals surface area (Å²) in [6.45, 7) is 10.3. The van der Waals surface area contributed by atoms with Gasteiger partial charge in [-0.3, -0.25) is 0 Å². The zero-order valence-electron chi connectivity index (χ0n) is 13.7. The van der Waals surface area contributed by atoms with Crippen molar-refractivity contribution in [1.29, 1.82) is 0 Å². The molecule has 0 fully saturated rings. The van der Waals surface area contributed by atoms with Crippen LogP contribution >= 0.6 is 0 Å². The molecule has 0 aliphatic carbocycles. The minimum atomic E-state index is 0.249. The van der Waals surface area contributed by atoms with Crippen molar-refractivity contribution in [2.24, 2.45) is 0 Å². The van der Waals surface area contributed by atoms with Crippen LogP contribution in [0.25, 0.3) is 0 Å². The van der Waals surface area contributed by atoms with Crippen molar-refractivity contribution < 1.29 is 0 Å². The predicted octanol–water partition coefficient (Wildman–Crippen LogP) is 3.88. The van der Waals surface area contributed by atoms with E-state index in [4.69, 9.17) is 10.7 Å². The first-order chi connectivity index (χ1) is 9.79. The molecule has 2 aromatic rings. The standard InChI is InChI=1S/C17H24N4/c1-10(2)16-19-15(18)13(5)17(20-16)21(6)14-8-11(3)7-12(4)9-14/h7-10H,1-6H3,(H2,18,19,20). The van der Waals surface area contributed by atoms with Gasteiger partial charge in [-0.05, 0) is 44.0 Å². The maximum Gasteiger partial charge on any atom is 0.141 e. The van der Waals surface area contributed by atoms with E-state index in [9.17, 15) is 0 Å². The molecule has 1 heterocycles. The van der Waals surface area contributed by atoms with E-state index in [2.05, 4.69) is 55.8 Å². The highest BCUT2D eigenvalue weighted by molar-refractivity contribution is 5.67. The zero-order chi connectivity index (χ0) is 15.7. The Kier molecular flexibility index (Phi) is 4.16. The van der Waals surface area contributed by atoms with E-state index in [1.54, 1.807) is 0 Å². The first-order valence-electron chi connectivity index (χ1n) is 7.25. The van der Waals surface area contributed by atoms with E-state index in [0.29, 0.717) is 5.82 Å². The Bertz CT molecular complexity index is 642. The van der Waals surface area contributed by atoms with Gasteiger partial charge >= 0.3 is 0 Å². The number of hydrogen-bond donors (Lipinski definition) is 1. The van der Waals surface area contributed by atoms with Crippen molar-refractivity contribution >= 4 is 17.3 Å². The van der Waals surface area contributed by atoms with E-state index in [0.717, 1.165) is 22.9 Å². The Hall–Kier alpha value is -2.10. The molecule has 2 N–H and O–H groups in total. The van der Waals surface area contributed by atoms with Crippen LogP contribution in [0.3, 0.4) is 0 Å². The first kappa shape index (κ1) is 15.3. The molecule has 0 unspecified atom stereocenters. The van der Waals surface area contributed by atoms with Crippen molar-refractivity contribution in [3.8, 4) is 0 Å². The van der Waals surface area contributed by atoms with Crippen LogP contribution in [0.1, 0.15) is 42.3 Å². The van der Waals surface area contributed by atoms with E-state index in [1.165, 1.54) is 11.1 Å². The van der Waals surface area contributed by atoms with Crippen molar-refractivity contribution in [1.82, 2.24) is 9.97 Å². The fourth-order valence-corrected chi connectivity index (χ4v) is 2.39. The topological polar surface area (TPSA) is 55.0 Å². The maximum atomic E-state index is 6.06. The molecule has 4 heteroatoms. The highest BCUT2D eigenvalue weighted by Crippen LogP contribution is 2.29. The van der Waals surface area contributed by atoms with Crippen molar-refractivity contribution in [3.05, 3.63) is 40.7 Å². The third kappa shape index (κ3) is 3.15. The predicted molar refractivity (Wildman–Crippen MR) is 89.2 cm³/mol. The molecule has 0 aliphatic rings. The summed E-state index contributed by atoms with van der Waals surface area (Å²) in [5.41, 5.74) is 10.6. The average molecular weight is 284 g/mol. The number of aryl methyl sites for hydroxylation is 2. The molecule has 1 aromatic heterocycles. The summed E-state index contributed by atoms with van der Waals surface area (Å²) in [6, 6.07) is 6.47. The number of aromatic nitrogens is 2. The summed E-state index contributed by atoms with van der Waals surface area (Å²) in [5.74, 6) is 2.46. The van der Waals surface area contributed by atoms with Crippen molar-refractivity contribution in [2.45, 2.75) is 40.5 Å². The van der Waals surface area contributed by atoms with Gasteiger partial charge in [-0.25, -0.2) is 9.97 Å². The lowest BCUT2D eigenvalue weighted by atomic mass is 10.1. The molecule has 0 aliphatic heterocycles. The van der Waals surface area contributed by atoms with Gasteiger partial charge in [0, 0.05) is 24.2 Å². The second-order valence-corrected chi connectivity index (χ2v) is 5.98. The van der Waals surface area contributed by atoms with Crippen molar-refractivity contribution in [3.63, 3.8) is 0 Å². The molecular weight excluding hydrogens is 260 g/mol. The SMILES string of the molecule is Cc1cc(C)cc(N(C)c2nc(C(C)C)nc(N)c2C)c1. The highest BCUT2D eigenvalue weighted by Gasteiger charge is 2.15. The van der Waals surface area contributed by atoms with Crippen LogP contribution in [0.15, 0.2) is 18.2 Å². The monoisotopic (exact) mass is 284 g/mol. The van der Waals surface area contributed by atoms with Gasteiger partial charge < -0.3 is 10.6 Å². The molecule has 0 bridgehead atoms. The zero-order valence-corrected chi connectivity index (χ0v) is 13.7. The summed E-state index contributed by atoms with van der Waals surface area (Å²) in [7, 11) is 2.02. The number of nitrogens with two attached hydrogens (primary N) is 1. The third-order valence-electron chi connectivity index (χ3n) is 3.60. The van der Waals surface area contributed by atoms with Crippen LogP contribution in [0.2, 0.25) is 0 Å². The first-order valence-corrected chi connectivity index (χ1v) is 7.25. The fourth-order valence-electron chi connectivity index (χ4n) is 2.39. The number of benzene rings is 1. The second-order valence-electron chi connectivity index (χ2n) is 5.98. The number of hydrogen-bond acceptors (Lipinski definition) is 4. The number of anilines is 3. The molecule has 21 heavy (non-hydrogen) atoms. The van der Waals surface area contributed by atoms with E-state index in [1.807, 2.05) is 14.0 Å². The summed E-state index contributed by atoms with van der Waals surface area (Å²) < 4.78 is 0. The van der Waals surface area contributed by atoms with Crippen LogP contribution in [0, 0.1) is 20.8 Å². The second kappa shape index (κ2) is 5.72. The van der Waals surface area contributed by atoms with Gasteiger partial charge in [0.1, 0.15) is 17.5 Å². The lowest BCUT2D eigenvalue weighted by Gasteiger charge is -2.23. The van der Waals surface area contributed by atoms with Gasteiger partial charge in [0.05, 0.1) is 0 Å². The summed E-state index contributed by atoms with van der Waals surface area (Å²) >= 11 is 0. The van der Waals surface area contributed by atoms with Crippen LogP contribution in [0.4, 0.5) is 17.3 Å². The molecule has 0 saturated carbocycles. The molecule has 4 nitrogen and oxygen atoms in total. The van der Waals surface area contributed by atoms with E-state index >= 15 is 0 Å². The fraction of sp³-hybridized carbons (Fsp3) is 0.412. The van der Waals surface area contributed by atoms with Gasteiger partial charge in [-0.1, -0.05) is 19.9 Å². The van der Waals surface area contributed by atoms with E-state index in [-0.39, 0.29) is 5.92 Å².